The zero-order valence-electron chi connectivity index (χ0n) is 12.3. The molecule has 6 heteroatoms. The molecule has 2 atom stereocenters. The van der Waals surface area contributed by atoms with Gasteiger partial charge in [-0.2, -0.15) is 0 Å². The number of likely N-dealkylation sites (N-methyl/N-ethyl adjacent to an activating group) is 1. The summed E-state index contributed by atoms with van der Waals surface area (Å²) in [6, 6.07) is -0.165. The van der Waals surface area contributed by atoms with Gasteiger partial charge in [-0.3, -0.25) is 14.5 Å². The van der Waals surface area contributed by atoms with Crippen molar-refractivity contribution in [3.8, 4) is 0 Å². The van der Waals surface area contributed by atoms with Crippen molar-refractivity contribution < 1.29 is 14.3 Å². The molecule has 2 amide bonds. The predicted octanol–water partition coefficient (Wildman–Crippen LogP) is -0.310. The summed E-state index contributed by atoms with van der Waals surface area (Å²) in [5.74, 6) is 0.0262. The fourth-order valence-corrected chi connectivity index (χ4v) is 2.39. The Labute approximate surface area is 115 Å². The Hall–Kier alpha value is -1.14. The molecule has 0 aliphatic carbocycles. The number of hydrogen-bond donors (Lipinski definition) is 1. The zero-order chi connectivity index (χ0) is 14.4. The highest BCUT2D eigenvalue weighted by Crippen LogP contribution is 2.18. The number of amides is 2. The summed E-state index contributed by atoms with van der Waals surface area (Å²) in [6.07, 6.45) is 1.79. The fraction of sp³-hybridized carbons (Fsp3) is 0.846. The molecule has 19 heavy (non-hydrogen) atoms. The van der Waals surface area contributed by atoms with Crippen LogP contribution in [0.3, 0.4) is 0 Å². The Bertz CT molecular complexity index is 320. The van der Waals surface area contributed by atoms with E-state index in [1.54, 1.807) is 26.1 Å². The van der Waals surface area contributed by atoms with Crippen molar-refractivity contribution in [2.75, 3.05) is 40.9 Å². The lowest BCUT2D eigenvalue weighted by Crippen LogP contribution is -2.48. The van der Waals surface area contributed by atoms with Gasteiger partial charge in [-0.15, -0.1) is 0 Å². The number of carbonyl (C=O) groups excluding carboxylic acids is 2. The lowest BCUT2D eigenvalue weighted by atomic mass is 10.2. The number of nitrogens with zero attached hydrogens (tertiary/aromatic N) is 2. The smallest absolute Gasteiger partial charge is 0.239 e. The standard InChI is InChI=1S/C13H25N3O3/c1-10(9-19-4)14-12(17)8-16-7-5-6-11(16)13(18)15(2)3/h10-11H,5-9H2,1-4H3,(H,14,17). The van der Waals surface area contributed by atoms with Crippen LogP contribution in [0.2, 0.25) is 0 Å². The van der Waals surface area contributed by atoms with Crippen LogP contribution in [0.4, 0.5) is 0 Å². The SMILES string of the molecule is COCC(C)NC(=O)CN1CCCC1C(=O)N(C)C. The zero-order valence-corrected chi connectivity index (χ0v) is 12.3. The maximum atomic E-state index is 12.0. The van der Waals surface area contributed by atoms with Crippen LogP contribution >= 0.6 is 0 Å². The minimum absolute atomic E-state index is 0.0110. The number of carbonyl (C=O) groups is 2. The molecule has 1 fully saturated rings. The van der Waals surface area contributed by atoms with Crippen molar-refractivity contribution in [3.63, 3.8) is 0 Å². The summed E-state index contributed by atoms with van der Waals surface area (Å²) in [5.41, 5.74) is 0. The highest BCUT2D eigenvalue weighted by Gasteiger charge is 2.32. The van der Waals surface area contributed by atoms with Crippen LogP contribution in [-0.4, -0.2) is 74.6 Å². The number of nitrogens with one attached hydrogen (secondary N) is 1. The van der Waals surface area contributed by atoms with E-state index in [0.29, 0.717) is 6.61 Å². The molecule has 1 aliphatic heterocycles. The van der Waals surface area contributed by atoms with Crippen LogP contribution in [0.25, 0.3) is 0 Å². The number of likely N-dealkylation sites (tertiary alicyclic amines) is 1. The van der Waals surface area contributed by atoms with Crippen LogP contribution in [-0.2, 0) is 14.3 Å². The molecule has 0 aromatic carbocycles. The molecule has 1 aliphatic rings. The molecule has 6 nitrogen and oxygen atoms in total. The van der Waals surface area contributed by atoms with Crippen molar-refractivity contribution in [2.24, 2.45) is 0 Å². The molecule has 1 N–H and O–H groups in total. The van der Waals surface area contributed by atoms with Crippen LogP contribution < -0.4 is 5.32 Å². The highest BCUT2D eigenvalue weighted by molar-refractivity contribution is 5.83. The third-order valence-corrected chi connectivity index (χ3v) is 3.26. The molecule has 0 aromatic rings. The summed E-state index contributed by atoms with van der Waals surface area (Å²) >= 11 is 0. The molecule has 110 valence electrons. The second-order valence-electron chi connectivity index (χ2n) is 5.29. The first kappa shape index (κ1) is 15.9. The molecular formula is C13H25N3O3. The van der Waals surface area contributed by atoms with E-state index >= 15 is 0 Å². The quantitative estimate of drug-likeness (QED) is 0.720. The van der Waals surface area contributed by atoms with Crippen molar-refractivity contribution in [1.82, 2.24) is 15.1 Å². The maximum Gasteiger partial charge on any atom is 0.239 e. The van der Waals surface area contributed by atoms with E-state index < -0.39 is 0 Å². The van der Waals surface area contributed by atoms with Gasteiger partial charge in [-0.05, 0) is 26.3 Å². The third kappa shape index (κ3) is 4.80. The van der Waals surface area contributed by atoms with Gasteiger partial charge in [0.15, 0.2) is 0 Å². The second-order valence-corrected chi connectivity index (χ2v) is 5.29. The van der Waals surface area contributed by atoms with E-state index in [9.17, 15) is 9.59 Å². The van der Waals surface area contributed by atoms with E-state index in [0.717, 1.165) is 19.4 Å². The van der Waals surface area contributed by atoms with E-state index in [-0.39, 0.29) is 30.4 Å². The van der Waals surface area contributed by atoms with Crippen molar-refractivity contribution in [3.05, 3.63) is 0 Å². The monoisotopic (exact) mass is 271 g/mol. The topological polar surface area (TPSA) is 61.9 Å². The summed E-state index contributed by atoms with van der Waals surface area (Å²) in [7, 11) is 5.11. The molecule has 0 saturated carbocycles. The molecule has 1 rings (SSSR count). The first-order valence-electron chi connectivity index (χ1n) is 6.69. The molecular weight excluding hydrogens is 246 g/mol. The van der Waals surface area contributed by atoms with Gasteiger partial charge in [0, 0.05) is 27.2 Å². The minimum Gasteiger partial charge on any atom is -0.383 e. The lowest BCUT2D eigenvalue weighted by molar-refractivity contribution is -0.134. The fourth-order valence-electron chi connectivity index (χ4n) is 2.39. The molecule has 2 unspecified atom stereocenters. The van der Waals surface area contributed by atoms with Gasteiger partial charge in [0.1, 0.15) is 0 Å². The molecule has 0 spiro atoms. The van der Waals surface area contributed by atoms with E-state index in [4.69, 9.17) is 4.74 Å². The van der Waals surface area contributed by atoms with E-state index in [1.165, 1.54) is 0 Å². The summed E-state index contributed by atoms with van der Waals surface area (Å²) in [6.45, 7) is 3.47. The number of rotatable bonds is 6. The van der Waals surface area contributed by atoms with Gasteiger partial charge in [-0.25, -0.2) is 0 Å². The summed E-state index contributed by atoms with van der Waals surface area (Å²) in [4.78, 5) is 27.4. The summed E-state index contributed by atoms with van der Waals surface area (Å²) in [5, 5.41) is 2.87. The Kier molecular flexibility index (Phi) is 6.24. The molecule has 0 aromatic heterocycles. The van der Waals surface area contributed by atoms with E-state index in [2.05, 4.69) is 5.32 Å². The predicted molar refractivity (Wildman–Crippen MR) is 72.8 cm³/mol. The maximum absolute atomic E-state index is 12.0. The van der Waals surface area contributed by atoms with Gasteiger partial charge < -0.3 is 15.0 Å². The van der Waals surface area contributed by atoms with Crippen molar-refractivity contribution in [1.29, 1.82) is 0 Å². The largest absolute Gasteiger partial charge is 0.383 e. The molecule has 1 heterocycles. The molecule has 0 radical (unpaired) electrons. The van der Waals surface area contributed by atoms with Crippen LogP contribution in [0, 0.1) is 0 Å². The average molecular weight is 271 g/mol. The van der Waals surface area contributed by atoms with Crippen LogP contribution in [0.15, 0.2) is 0 Å². The first-order valence-corrected chi connectivity index (χ1v) is 6.69. The van der Waals surface area contributed by atoms with Gasteiger partial charge in [0.25, 0.3) is 0 Å². The summed E-state index contributed by atoms with van der Waals surface area (Å²) < 4.78 is 4.98. The van der Waals surface area contributed by atoms with Crippen LogP contribution in [0.1, 0.15) is 19.8 Å². The van der Waals surface area contributed by atoms with Gasteiger partial charge in [0.05, 0.1) is 19.2 Å². The Morgan fingerprint density at radius 2 is 2.16 bits per heavy atom. The molecule has 1 saturated heterocycles. The van der Waals surface area contributed by atoms with Crippen molar-refractivity contribution >= 4 is 11.8 Å². The highest BCUT2D eigenvalue weighted by atomic mass is 16.5. The van der Waals surface area contributed by atoms with Gasteiger partial charge in [0.2, 0.25) is 11.8 Å². The Balaban J connectivity index is 2.46. The van der Waals surface area contributed by atoms with E-state index in [1.807, 2.05) is 11.8 Å². The number of methoxy groups -OCH3 is 1. The van der Waals surface area contributed by atoms with Crippen LogP contribution in [0.5, 0.6) is 0 Å². The average Bonchev–Trinajstić information content (AvgIpc) is 2.75. The second kappa shape index (κ2) is 7.45. The molecule has 0 bridgehead atoms. The normalized spacial score (nSPS) is 21.2. The lowest BCUT2D eigenvalue weighted by Gasteiger charge is -2.26. The third-order valence-electron chi connectivity index (χ3n) is 3.26. The van der Waals surface area contributed by atoms with Crippen molar-refractivity contribution in [2.45, 2.75) is 31.8 Å². The number of ether oxygens (including phenoxy) is 1. The number of hydrogen-bond acceptors (Lipinski definition) is 4. The van der Waals surface area contributed by atoms with Gasteiger partial charge >= 0.3 is 0 Å². The van der Waals surface area contributed by atoms with Gasteiger partial charge in [-0.1, -0.05) is 0 Å². The Morgan fingerprint density at radius 3 is 2.74 bits per heavy atom. The minimum atomic E-state index is -0.154. The first-order chi connectivity index (χ1) is 8.95. The Morgan fingerprint density at radius 1 is 1.47 bits per heavy atom.